The molecule has 0 unspecified atom stereocenters. The van der Waals surface area contributed by atoms with Gasteiger partial charge < -0.3 is 25.9 Å². The molecule has 5 aromatic rings. The Morgan fingerprint density at radius 1 is 1.03 bits per heavy atom. The molecule has 0 fully saturated rings. The maximum Gasteiger partial charge on any atom is 0.229 e. The second-order valence-electron chi connectivity index (χ2n) is 8.40. The van der Waals surface area contributed by atoms with Crippen LogP contribution in [0, 0.1) is 0 Å². The van der Waals surface area contributed by atoms with Gasteiger partial charge in [0, 0.05) is 53.5 Å². The van der Waals surface area contributed by atoms with Crippen LogP contribution < -0.4 is 11.1 Å². The van der Waals surface area contributed by atoms with E-state index in [2.05, 4.69) is 86.8 Å². The SMILES string of the molecule is CN(C)CCc1c[nH]c2cccc(Nc3ncc(Cc4ccc5[nH]ccc5c4)c(N)n3)c12. The van der Waals surface area contributed by atoms with Crippen LogP contribution in [-0.4, -0.2) is 45.5 Å². The molecule has 0 aliphatic rings. The Hall–Kier alpha value is -3.84. The van der Waals surface area contributed by atoms with Gasteiger partial charge in [0.05, 0.1) is 5.69 Å². The summed E-state index contributed by atoms with van der Waals surface area (Å²) >= 11 is 0. The highest BCUT2D eigenvalue weighted by molar-refractivity contribution is 5.96. The van der Waals surface area contributed by atoms with Gasteiger partial charge in [0.15, 0.2) is 0 Å². The molecule has 5 N–H and O–H groups in total. The number of aromatic amines is 2. The molecule has 32 heavy (non-hydrogen) atoms. The number of hydrogen-bond donors (Lipinski definition) is 4. The lowest BCUT2D eigenvalue weighted by Gasteiger charge is -2.12. The third kappa shape index (κ3) is 4.02. The quantitative estimate of drug-likeness (QED) is 0.309. The van der Waals surface area contributed by atoms with Crippen LogP contribution in [0.4, 0.5) is 17.5 Å². The molecule has 2 aromatic carbocycles. The van der Waals surface area contributed by atoms with E-state index < -0.39 is 0 Å². The Bertz CT molecular complexity index is 1380. The molecule has 0 saturated heterocycles. The first-order chi connectivity index (χ1) is 15.6. The molecule has 5 rings (SSSR count). The lowest BCUT2D eigenvalue weighted by Crippen LogP contribution is -2.15. The minimum Gasteiger partial charge on any atom is -0.383 e. The van der Waals surface area contributed by atoms with Gasteiger partial charge in [0.1, 0.15) is 5.82 Å². The lowest BCUT2D eigenvalue weighted by atomic mass is 10.1. The van der Waals surface area contributed by atoms with Gasteiger partial charge in [-0.2, -0.15) is 4.98 Å². The number of nitrogens with one attached hydrogen (secondary N) is 3. The van der Waals surface area contributed by atoms with E-state index in [1.165, 1.54) is 21.9 Å². The average molecular weight is 426 g/mol. The number of rotatable bonds is 7. The zero-order valence-corrected chi connectivity index (χ0v) is 18.3. The number of fused-ring (bicyclic) bond motifs is 2. The van der Waals surface area contributed by atoms with Crippen molar-refractivity contribution in [2.24, 2.45) is 0 Å². The maximum atomic E-state index is 6.31. The zero-order chi connectivity index (χ0) is 22.1. The highest BCUT2D eigenvalue weighted by Gasteiger charge is 2.12. The molecule has 0 amide bonds. The third-order valence-corrected chi connectivity index (χ3v) is 5.77. The van der Waals surface area contributed by atoms with Gasteiger partial charge in [0.2, 0.25) is 5.95 Å². The number of nitrogen functional groups attached to an aromatic ring is 1. The van der Waals surface area contributed by atoms with E-state index in [9.17, 15) is 0 Å². The number of hydrogen-bond acceptors (Lipinski definition) is 5. The van der Waals surface area contributed by atoms with E-state index >= 15 is 0 Å². The molecule has 3 heterocycles. The van der Waals surface area contributed by atoms with E-state index in [1.807, 2.05) is 18.5 Å². The highest BCUT2D eigenvalue weighted by Crippen LogP contribution is 2.29. The monoisotopic (exact) mass is 425 g/mol. The van der Waals surface area contributed by atoms with Crippen LogP contribution >= 0.6 is 0 Å². The van der Waals surface area contributed by atoms with Crippen LogP contribution in [0.2, 0.25) is 0 Å². The summed E-state index contributed by atoms with van der Waals surface area (Å²) in [6, 6.07) is 14.6. The number of nitrogens with zero attached hydrogens (tertiary/aromatic N) is 3. The van der Waals surface area contributed by atoms with Crippen molar-refractivity contribution in [2.45, 2.75) is 12.8 Å². The van der Waals surface area contributed by atoms with Crippen molar-refractivity contribution in [3.05, 3.63) is 77.7 Å². The van der Waals surface area contributed by atoms with E-state index in [0.29, 0.717) is 18.2 Å². The van der Waals surface area contributed by atoms with Crippen molar-refractivity contribution in [1.29, 1.82) is 0 Å². The molecule has 0 saturated carbocycles. The number of H-pyrrole nitrogens is 2. The first-order valence-electron chi connectivity index (χ1n) is 10.7. The highest BCUT2D eigenvalue weighted by atomic mass is 15.1. The van der Waals surface area contributed by atoms with E-state index in [1.54, 1.807) is 0 Å². The molecular weight excluding hydrogens is 398 g/mol. The summed E-state index contributed by atoms with van der Waals surface area (Å²) in [5.41, 5.74) is 12.9. The van der Waals surface area contributed by atoms with Crippen molar-refractivity contribution in [2.75, 3.05) is 31.7 Å². The number of anilines is 3. The van der Waals surface area contributed by atoms with Gasteiger partial charge >= 0.3 is 0 Å². The van der Waals surface area contributed by atoms with E-state index in [4.69, 9.17) is 5.73 Å². The van der Waals surface area contributed by atoms with Gasteiger partial charge in [-0.05, 0) is 67.4 Å². The van der Waals surface area contributed by atoms with Crippen LogP contribution in [0.3, 0.4) is 0 Å². The summed E-state index contributed by atoms with van der Waals surface area (Å²) < 4.78 is 0. The molecule has 3 aromatic heterocycles. The lowest BCUT2D eigenvalue weighted by molar-refractivity contribution is 0.414. The summed E-state index contributed by atoms with van der Waals surface area (Å²) in [7, 11) is 4.17. The van der Waals surface area contributed by atoms with Crippen LogP contribution in [0.15, 0.2) is 61.1 Å². The normalized spacial score (nSPS) is 11.6. The summed E-state index contributed by atoms with van der Waals surface area (Å²) in [5, 5.41) is 5.73. The smallest absolute Gasteiger partial charge is 0.229 e. The number of likely N-dealkylation sites (N-methyl/N-ethyl adjacent to an activating group) is 1. The summed E-state index contributed by atoms with van der Waals surface area (Å²) in [6.07, 6.45) is 7.49. The van der Waals surface area contributed by atoms with Crippen molar-refractivity contribution >= 4 is 39.3 Å². The zero-order valence-electron chi connectivity index (χ0n) is 18.3. The molecular formula is C25H27N7. The molecule has 0 aliphatic heterocycles. The molecule has 0 spiro atoms. The molecule has 0 bridgehead atoms. The van der Waals surface area contributed by atoms with Crippen molar-refractivity contribution in [1.82, 2.24) is 24.8 Å². The van der Waals surface area contributed by atoms with Gasteiger partial charge in [-0.3, -0.25) is 0 Å². The van der Waals surface area contributed by atoms with Crippen molar-refractivity contribution in [3.63, 3.8) is 0 Å². The predicted molar refractivity (Wildman–Crippen MR) is 131 cm³/mol. The minimum atomic E-state index is 0.491. The fourth-order valence-electron chi connectivity index (χ4n) is 4.07. The Morgan fingerprint density at radius 3 is 2.78 bits per heavy atom. The summed E-state index contributed by atoms with van der Waals surface area (Å²) in [5.74, 6) is 0.991. The molecule has 162 valence electrons. The molecule has 0 atom stereocenters. The number of benzene rings is 2. The predicted octanol–water partition coefficient (Wildman–Crippen LogP) is 4.46. The van der Waals surface area contributed by atoms with E-state index in [-0.39, 0.29) is 0 Å². The largest absolute Gasteiger partial charge is 0.383 e. The average Bonchev–Trinajstić information content (AvgIpc) is 3.41. The third-order valence-electron chi connectivity index (χ3n) is 5.77. The standard InChI is InChI=1S/C25H27N7/c1-32(2)11-9-18-14-28-21-4-3-5-22(23(18)21)30-25-29-15-19(24(26)31-25)13-16-6-7-20-17(12-16)8-10-27-20/h3-8,10,12,14-15,27-28H,9,11,13H2,1-2H3,(H3,26,29,30,31). The van der Waals surface area contributed by atoms with Crippen LogP contribution in [0.5, 0.6) is 0 Å². The topological polar surface area (TPSA) is 98.7 Å². The second kappa shape index (κ2) is 8.36. The summed E-state index contributed by atoms with van der Waals surface area (Å²) in [4.78, 5) is 17.9. The maximum absolute atomic E-state index is 6.31. The molecule has 0 radical (unpaired) electrons. The van der Waals surface area contributed by atoms with Gasteiger partial charge in [0.25, 0.3) is 0 Å². The molecule has 7 heteroatoms. The van der Waals surface area contributed by atoms with Crippen molar-refractivity contribution in [3.8, 4) is 0 Å². The van der Waals surface area contributed by atoms with Crippen LogP contribution in [0.1, 0.15) is 16.7 Å². The van der Waals surface area contributed by atoms with Crippen LogP contribution in [-0.2, 0) is 12.8 Å². The number of aromatic nitrogens is 4. The minimum absolute atomic E-state index is 0.491. The Morgan fingerprint density at radius 2 is 1.94 bits per heavy atom. The Labute approximate surface area is 186 Å². The van der Waals surface area contributed by atoms with Gasteiger partial charge in [-0.1, -0.05) is 12.1 Å². The Kier molecular flexibility index (Phi) is 5.25. The molecule has 0 aliphatic carbocycles. The van der Waals surface area contributed by atoms with E-state index in [0.717, 1.165) is 35.2 Å². The fraction of sp³-hybridized carbons (Fsp3) is 0.200. The molecule has 7 nitrogen and oxygen atoms in total. The van der Waals surface area contributed by atoms with Crippen LogP contribution in [0.25, 0.3) is 21.8 Å². The fourth-order valence-corrected chi connectivity index (χ4v) is 4.07. The first-order valence-corrected chi connectivity index (χ1v) is 10.7. The first kappa shape index (κ1) is 20.1. The second-order valence-corrected chi connectivity index (χ2v) is 8.40. The van der Waals surface area contributed by atoms with Gasteiger partial charge in [-0.25, -0.2) is 4.98 Å². The number of nitrogens with two attached hydrogens (primary N) is 1. The Balaban J connectivity index is 1.38. The van der Waals surface area contributed by atoms with Crippen molar-refractivity contribution < 1.29 is 0 Å². The van der Waals surface area contributed by atoms with Gasteiger partial charge in [-0.15, -0.1) is 0 Å². The summed E-state index contributed by atoms with van der Waals surface area (Å²) in [6.45, 7) is 0.980.